The molecule has 5 nitrogen and oxygen atoms in total. The van der Waals surface area contributed by atoms with Gasteiger partial charge in [0, 0.05) is 13.1 Å². The fraction of sp³-hybridized carbons (Fsp3) is 0.800. The Morgan fingerprint density at radius 2 is 2.12 bits per heavy atom. The third-order valence-electron chi connectivity index (χ3n) is 3.44. The van der Waals surface area contributed by atoms with Gasteiger partial charge in [-0.1, -0.05) is 6.92 Å². The van der Waals surface area contributed by atoms with Crippen LogP contribution >= 0.6 is 0 Å². The summed E-state index contributed by atoms with van der Waals surface area (Å²) >= 11 is 0. The minimum atomic E-state index is -2.60. The number of piperidine rings is 1. The van der Waals surface area contributed by atoms with Gasteiger partial charge in [0.1, 0.15) is 0 Å². The first-order chi connectivity index (χ1) is 8.04. The van der Waals surface area contributed by atoms with E-state index in [2.05, 4.69) is 22.1 Å². The number of nitrogens with two attached hydrogens (primary N) is 1. The summed E-state index contributed by atoms with van der Waals surface area (Å²) in [5, 5.41) is 6.07. The van der Waals surface area contributed by atoms with Gasteiger partial charge in [-0.15, -0.1) is 5.10 Å². The second-order valence-corrected chi connectivity index (χ2v) is 4.82. The normalized spacial score (nSPS) is 19.9. The SMILES string of the molecule is CC1(CN)CCN(c2n[nH]c(C(F)F)n2)CC1. The standard InChI is InChI=1S/C10H17F2N5/c1-10(6-13)2-4-17(5-3-10)9-14-8(7(11)12)15-16-9/h7H,2-6,13H2,1H3,(H,14,15,16). The van der Waals surface area contributed by atoms with Gasteiger partial charge in [-0.3, -0.25) is 5.10 Å². The van der Waals surface area contributed by atoms with Gasteiger partial charge < -0.3 is 10.6 Å². The molecule has 0 radical (unpaired) electrons. The highest BCUT2D eigenvalue weighted by atomic mass is 19.3. The molecule has 2 heterocycles. The smallest absolute Gasteiger partial charge is 0.296 e. The molecule has 0 amide bonds. The van der Waals surface area contributed by atoms with Crippen LogP contribution in [0, 0.1) is 5.41 Å². The third kappa shape index (κ3) is 2.54. The zero-order valence-electron chi connectivity index (χ0n) is 9.79. The van der Waals surface area contributed by atoms with Crippen molar-refractivity contribution in [3.05, 3.63) is 5.82 Å². The molecule has 0 bridgehead atoms. The lowest BCUT2D eigenvalue weighted by atomic mass is 9.81. The van der Waals surface area contributed by atoms with E-state index in [0.29, 0.717) is 12.5 Å². The van der Waals surface area contributed by atoms with Crippen LogP contribution in [-0.4, -0.2) is 34.8 Å². The lowest BCUT2D eigenvalue weighted by Gasteiger charge is -2.38. The number of alkyl halides is 2. The van der Waals surface area contributed by atoms with Crippen LogP contribution in [0.5, 0.6) is 0 Å². The van der Waals surface area contributed by atoms with Crippen molar-refractivity contribution in [2.24, 2.45) is 11.1 Å². The Hall–Kier alpha value is -1.24. The third-order valence-corrected chi connectivity index (χ3v) is 3.44. The largest absolute Gasteiger partial charge is 0.340 e. The van der Waals surface area contributed by atoms with Crippen molar-refractivity contribution >= 4 is 5.95 Å². The summed E-state index contributed by atoms with van der Waals surface area (Å²) in [6.07, 6.45) is -0.736. The lowest BCUT2D eigenvalue weighted by Crippen LogP contribution is -2.42. The molecule has 1 fully saturated rings. The summed E-state index contributed by atoms with van der Waals surface area (Å²) in [7, 11) is 0. The van der Waals surface area contributed by atoms with Crippen molar-refractivity contribution in [2.75, 3.05) is 24.5 Å². The van der Waals surface area contributed by atoms with Crippen LogP contribution in [-0.2, 0) is 0 Å². The Morgan fingerprint density at radius 3 is 2.59 bits per heavy atom. The number of anilines is 1. The predicted molar refractivity (Wildman–Crippen MR) is 59.9 cm³/mol. The molecular formula is C10H17F2N5. The fourth-order valence-electron chi connectivity index (χ4n) is 1.95. The van der Waals surface area contributed by atoms with Crippen molar-refractivity contribution in [3.8, 4) is 0 Å². The van der Waals surface area contributed by atoms with Crippen molar-refractivity contribution in [1.82, 2.24) is 15.2 Å². The number of hydrogen-bond donors (Lipinski definition) is 2. The monoisotopic (exact) mass is 245 g/mol. The van der Waals surface area contributed by atoms with Crippen LogP contribution in [0.1, 0.15) is 32.0 Å². The van der Waals surface area contributed by atoms with Gasteiger partial charge in [-0.05, 0) is 24.8 Å². The quantitative estimate of drug-likeness (QED) is 0.842. The Labute approximate surface area is 98.4 Å². The number of nitrogens with one attached hydrogen (secondary N) is 1. The zero-order valence-corrected chi connectivity index (χ0v) is 9.79. The second-order valence-electron chi connectivity index (χ2n) is 4.82. The summed E-state index contributed by atoms with van der Waals surface area (Å²) in [6.45, 7) is 4.31. The molecule has 0 unspecified atom stereocenters. The van der Waals surface area contributed by atoms with E-state index < -0.39 is 6.43 Å². The molecule has 2 rings (SSSR count). The molecule has 0 aliphatic carbocycles. The molecule has 0 saturated carbocycles. The van der Waals surface area contributed by atoms with Crippen molar-refractivity contribution in [1.29, 1.82) is 0 Å². The lowest BCUT2D eigenvalue weighted by molar-refractivity contribution is 0.141. The molecule has 1 aliphatic rings. The van der Waals surface area contributed by atoms with Crippen molar-refractivity contribution < 1.29 is 8.78 Å². The molecule has 0 aromatic carbocycles. The van der Waals surface area contributed by atoms with Gasteiger partial charge >= 0.3 is 0 Å². The Bertz CT molecular complexity index is 371. The van der Waals surface area contributed by atoms with E-state index in [9.17, 15) is 8.78 Å². The molecule has 7 heteroatoms. The number of rotatable bonds is 3. The van der Waals surface area contributed by atoms with Gasteiger partial charge in [0.2, 0.25) is 5.95 Å². The average Bonchev–Trinajstić information content (AvgIpc) is 2.79. The highest BCUT2D eigenvalue weighted by Gasteiger charge is 2.30. The number of aromatic nitrogens is 3. The summed E-state index contributed by atoms with van der Waals surface area (Å²) in [4.78, 5) is 5.70. The molecule has 0 spiro atoms. The Morgan fingerprint density at radius 1 is 1.47 bits per heavy atom. The van der Waals surface area contributed by atoms with Gasteiger partial charge in [-0.25, -0.2) is 8.78 Å². The van der Waals surface area contributed by atoms with Crippen LogP contribution in [0.25, 0.3) is 0 Å². The molecule has 1 aromatic heterocycles. The Balaban J connectivity index is 2.00. The van der Waals surface area contributed by atoms with Crippen molar-refractivity contribution in [2.45, 2.75) is 26.2 Å². The number of H-pyrrole nitrogens is 1. The maximum atomic E-state index is 12.4. The van der Waals surface area contributed by atoms with E-state index in [-0.39, 0.29) is 11.2 Å². The topological polar surface area (TPSA) is 70.8 Å². The molecule has 96 valence electrons. The summed E-state index contributed by atoms with van der Waals surface area (Å²) in [6, 6.07) is 0. The number of hydrogen-bond acceptors (Lipinski definition) is 4. The van der Waals surface area contributed by atoms with Crippen LogP contribution in [0.4, 0.5) is 14.7 Å². The molecule has 1 saturated heterocycles. The first-order valence-electron chi connectivity index (χ1n) is 5.69. The molecule has 1 aliphatic heterocycles. The first kappa shape index (κ1) is 12.2. The van der Waals surface area contributed by atoms with E-state index in [1.165, 1.54) is 0 Å². The van der Waals surface area contributed by atoms with Gasteiger partial charge in [0.05, 0.1) is 0 Å². The predicted octanol–water partition coefficient (Wildman–Crippen LogP) is 1.31. The summed E-state index contributed by atoms with van der Waals surface area (Å²) < 4.78 is 24.7. The van der Waals surface area contributed by atoms with Crippen LogP contribution in [0.15, 0.2) is 0 Å². The number of nitrogens with zero attached hydrogens (tertiary/aromatic N) is 3. The maximum absolute atomic E-state index is 12.4. The average molecular weight is 245 g/mol. The van der Waals surface area contributed by atoms with Gasteiger partial charge in [0.25, 0.3) is 6.43 Å². The molecular weight excluding hydrogens is 228 g/mol. The highest BCUT2D eigenvalue weighted by molar-refractivity contribution is 5.29. The van der Waals surface area contributed by atoms with Crippen molar-refractivity contribution in [3.63, 3.8) is 0 Å². The minimum Gasteiger partial charge on any atom is -0.340 e. The molecule has 17 heavy (non-hydrogen) atoms. The number of halogens is 2. The van der Waals surface area contributed by atoms with E-state index >= 15 is 0 Å². The Kier molecular flexibility index (Phi) is 3.28. The highest BCUT2D eigenvalue weighted by Crippen LogP contribution is 2.31. The second kappa shape index (κ2) is 4.56. The fourth-order valence-corrected chi connectivity index (χ4v) is 1.95. The molecule has 3 N–H and O–H groups in total. The van der Waals surface area contributed by atoms with E-state index in [0.717, 1.165) is 25.9 Å². The maximum Gasteiger partial charge on any atom is 0.296 e. The van der Waals surface area contributed by atoms with E-state index in [4.69, 9.17) is 5.73 Å². The minimum absolute atomic E-state index is 0.151. The van der Waals surface area contributed by atoms with Crippen LogP contribution in [0.3, 0.4) is 0 Å². The first-order valence-corrected chi connectivity index (χ1v) is 5.69. The number of aromatic amines is 1. The molecule has 0 atom stereocenters. The van der Waals surface area contributed by atoms with Crippen LogP contribution in [0.2, 0.25) is 0 Å². The summed E-state index contributed by atoms with van der Waals surface area (Å²) in [5.41, 5.74) is 5.86. The van der Waals surface area contributed by atoms with Gasteiger partial charge in [0.15, 0.2) is 5.82 Å². The summed E-state index contributed by atoms with van der Waals surface area (Å²) in [5.74, 6) is -0.00784. The zero-order chi connectivity index (χ0) is 12.5. The van der Waals surface area contributed by atoms with Gasteiger partial charge in [-0.2, -0.15) is 4.98 Å². The molecule has 1 aromatic rings. The van der Waals surface area contributed by atoms with E-state index in [1.807, 2.05) is 4.90 Å². The van der Waals surface area contributed by atoms with Crippen LogP contribution < -0.4 is 10.6 Å². The van der Waals surface area contributed by atoms with E-state index in [1.54, 1.807) is 0 Å².